The number of aromatic nitrogens is 3. The number of hydrogen-bond donors (Lipinski definition) is 1. The van der Waals surface area contributed by atoms with Crippen LogP contribution in [-0.4, -0.2) is 21.1 Å². The van der Waals surface area contributed by atoms with E-state index in [9.17, 15) is 9.18 Å². The minimum absolute atomic E-state index is 0.203. The van der Waals surface area contributed by atoms with Crippen molar-refractivity contribution in [1.29, 1.82) is 0 Å². The third kappa shape index (κ3) is 4.12. The number of halogens is 1. The highest BCUT2D eigenvalue weighted by atomic mass is 19.1. The number of nitrogens with zero attached hydrogens (tertiary/aromatic N) is 3. The fourth-order valence-corrected chi connectivity index (χ4v) is 3.34. The molecular weight excluding hydrogens is 379 g/mol. The number of pyridine rings is 1. The van der Waals surface area contributed by atoms with Gasteiger partial charge >= 0.3 is 0 Å². The van der Waals surface area contributed by atoms with Gasteiger partial charge in [-0.1, -0.05) is 42.5 Å². The highest BCUT2D eigenvalue weighted by Crippen LogP contribution is 2.26. The van der Waals surface area contributed by atoms with E-state index in [0.29, 0.717) is 29.3 Å². The lowest BCUT2D eigenvalue weighted by atomic mass is 10.1. The molecule has 0 amide bonds. The van der Waals surface area contributed by atoms with Crippen LogP contribution in [0.15, 0.2) is 83.9 Å². The standard InChI is InChI=1S/C24H21FN4O/c1-29-23(19-12-14-26-15-13-19)28-22(27-16-11-17-5-3-2-4-6-17)21(24(29)30)18-7-9-20(25)10-8-18/h2-10,12-15,27H,11,16H2,1H3. The van der Waals surface area contributed by atoms with Crippen molar-refractivity contribution in [1.82, 2.24) is 14.5 Å². The maximum Gasteiger partial charge on any atom is 0.263 e. The molecule has 150 valence electrons. The molecule has 30 heavy (non-hydrogen) atoms. The van der Waals surface area contributed by atoms with Gasteiger partial charge in [0.2, 0.25) is 0 Å². The summed E-state index contributed by atoms with van der Waals surface area (Å²) in [6.07, 6.45) is 4.11. The maximum absolute atomic E-state index is 13.4. The Balaban J connectivity index is 1.76. The second kappa shape index (κ2) is 8.69. The molecule has 2 heterocycles. The van der Waals surface area contributed by atoms with Gasteiger partial charge in [-0.3, -0.25) is 14.3 Å². The summed E-state index contributed by atoms with van der Waals surface area (Å²) < 4.78 is 14.9. The average Bonchev–Trinajstić information content (AvgIpc) is 2.78. The topological polar surface area (TPSA) is 59.8 Å². The van der Waals surface area contributed by atoms with Crippen molar-refractivity contribution in [2.24, 2.45) is 7.05 Å². The molecule has 5 nitrogen and oxygen atoms in total. The number of hydrogen-bond acceptors (Lipinski definition) is 4. The van der Waals surface area contributed by atoms with Crippen LogP contribution in [0, 0.1) is 5.82 Å². The van der Waals surface area contributed by atoms with Crippen LogP contribution in [0.5, 0.6) is 0 Å². The van der Waals surface area contributed by atoms with E-state index in [4.69, 9.17) is 4.98 Å². The lowest BCUT2D eigenvalue weighted by molar-refractivity contribution is 0.628. The normalized spacial score (nSPS) is 10.7. The van der Waals surface area contributed by atoms with Crippen molar-refractivity contribution in [2.75, 3.05) is 11.9 Å². The van der Waals surface area contributed by atoms with E-state index in [2.05, 4.69) is 22.4 Å². The molecule has 0 aliphatic carbocycles. The minimum atomic E-state index is -0.351. The summed E-state index contributed by atoms with van der Waals surface area (Å²) >= 11 is 0. The van der Waals surface area contributed by atoms with Gasteiger partial charge in [0.25, 0.3) is 5.56 Å². The van der Waals surface area contributed by atoms with Crippen LogP contribution in [0.25, 0.3) is 22.5 Å². The first-order valence-corrected chi connectivity index (χ1v) is 9.68. The zero-order valence-electron chi connectivity index (χ0n) is 16.5. The van der Waals surface area contributed by atoms with Crippen LogP contribution in [0.1, 0.15) is 5.56 Å². The van der Waals surface area contributed by atoms with Crippen molar-refractivity contribution < 1.29 is 4.39 Å². The van der Waals surface area contributed by atoms with E-state index in [1.54, 1.807) is 31.6 Å². The van der Waals surface area contributed by atoms with Crippen LogP contribution >= 0.6 is 0 Å². The number of anilines is 1. The van der Waals surface area contributed by atoms with E-state index < -0.39 is 0 Å². The monoisotopic (exact) mass is 400 g/mol. The lowest BCUT2D eigenvalue weighted by Gasteiger charge is -2.16. The lowest BCUT2D eigenvalue weighted by Crippen LogP contribution is -2.24. The van der Waals surface area contributed by atoms with Gasteiger partial charge in [-0.25, -0.2) is 9.37 Å². The molecule has 6 heteroatoms. The van der Waals surface area contributed by atoms with Gasteiger partial charge < -0.3 is 5.32 Å². The smallest absolute Gasteiger partial charge is 0.263 e. The van der Waals surface area contributed by atoms with Gasteiger partial charge in [0, 0.05) is 31.5 Å². The zero-order chi connectivity index (χ0) is 20.9. The van der Waals surface area contributed by atoms with E-state index in [1.165, 1.54) is 22.3 Å². The SMILES string of the molecule is Cn1c(-c2ccncc2)nc(NCCc2ccccc2)c(-c2ccc(F)cc2)c1=O. The molecule has 0 unspecified atom stereocenters. The van der Waals surface area contributed by atoms with Crippen LogP contribution in [0.3, 0.4) is 0 Å². The Hall–Kier alpha value is -3.80. The summed E-state index contributed by atoms with van der Waals surface area (Å²) in [6.45, 7) is 0.605. The van der Waals surface area contributed by atoms with Gasteiger partial charge in [-0.2, -0.15) is 0 Å². The fraction of sp³-hybridized carbons (Fsp3) is 0.125. The molecular formula is C24H21FN4O. The highest BCUT2D eigenvalue weighted by Gasteiger charge is 2.17. The van der Waals surface area contributed by atoms with E-state index in [0.717, 1.165) is 12.0 Å². The van der Waals surface area contributed by atoms with Crippen molar-refractivity contribution in [3.8, 4) is 22.5 Å². The Morgan fingerprint density at radius 1 is 0.933 bits per heavy atom. The van der Waals surface area contributed by atoms with Crippen LogP contribution < -0.4 is 10.9 Å². The number of nitrogens with one attached hydrogen (secondary N) is 1. The molecule has 0 aliphatic heterocycles. The molecule has 4 rings (SSSR count). The van der Waals surface area contributed by atoms with Crippen LogP contribution in [-0.2, 0) is 13.5 Å². The quantitative estimate of drug-likeness (QED) is 0.524. The third-order valence-corrected chi connectivity index (χ3v) is 4.91. The molecule has 2 aromatic carbocycles. The molecule has 0 spiro atoms. The highest BCUT2D eigenvalue weighted by molar-refractivity contribution is 5.76. The molecule has 0 fully saturated rings. The summed E-state index contributed by atoms with van der Waals surface area (Å²) in [5.74, 6) is 0.665. The number of rotatable bonds is 6. The molecule has 4 aromatic rings. The molecule has 0 aliphatic rings. The van der Waals surface area contributed by atoms with Gasteiger partial charge in [0.1, 0.15) is 17.5 Å². The second-order valence-electron chi connectivity index (χ2n) is 6.93. The summed E-state index contributed by atoms with van der Waals surface area (Å²) in [4.78, 5) is 22.1. The average molecular weight is 400 g/mol. The molecule has 0 saturated carbocycles. The van der Waals surface area contributed by atoms with Crippen molar-refractivity contribution in [3.05, 3.63) is 101 Å². The van der Waals surface area contributed by atoms with Gasteiger partial charge in [0.05, 0.1) is 5.56 Å². The molecule has 0 saturated heterocycles. The first kappa shape index (κ1) is 19.5. The predicted molar refractivity (Wildman–Crippen MR) is 117 cm³/mol. The van der Waals surface area contributed by atoms with Crippen LogP contribution in [0.2, 0.25) is 0 Å². The third-order valence-electron chi connectivity index (χ3n) is 4.91. The largest absolute Gasteiger partial charge is 0.369 e. The molecule has 0 radical (unpaired) electrons. The summed E-state index contributed by atoms with van der Waals surface area (Å²) in [7, 11) is 1.69. The van der Waals surface area contributed by atoms with E-state index in [1.807, 2.05) is 30.3 Å². The molecule has 1 N–H and O–H groups in total. The first-order valence-electron chi connectivity index (χ1n) is 9.68. The summed E-state index contributed by atoms with van der Waals surface area (Å²) in [5.41, 5.74) is 2.81. The van der Waals surface area contributed by atoms with Crippen molar-refractivity contribution >= 4 is 5.82 Å². The maximum atomic E-state index is 13.4. The zero-order valence-corrected chi connectivity index (χ0v) is 16.5. The van der Waals surface area contributed by atoms with E-state index in [-0.39, 0.29) is 11.4 Å². The van der Waals surface area contributed by atoms with Crippen LogP contribution in [0.4, 0.5) is 10.2 Å². The van der Waals surface area contributed by atoms with Gasteiger partial charge in [0.15, 0.2) is 0 Å². The Kier molecular flexibility index (Phi) is 5.66. The molecule has 2 aromatic heterocycles. The summed E-state index contributed by atoms with van der Waals surface area (Å²) in [5, 5.41) is 3.32. The summed E-state index contributed by atoms with van der Waals surface area (Å²) in [6, 6.07) is 19.6. The Morgan fingerprint density at radius 2 is 1.63 bits per heavy atom. The molecule has 0 bridgehead atoms. The van der Waals surface area contributed by atoms with Crippen molar-refractivity contribution in [3.63, 3.8) is 0 Å². The fourth-order valence-electron chi connectivity index (χ4n) is 3.34. The van der Waals surface area contributed by atoms with Gasteiger partial charge in [-0.15, -0.1) is 0 Å². The van der Waals surface area contributed by atoms with Gasteiger partial charge in [-0.05, 0) is 41.8 Å². The van der Waals surface area contributed by atoms with Crippen molar-refractivity contribution in [2.45, 2.75) is 6.42 Å². The minimum Gasteiger partial charge on any atom is -0.369 e. The number of benzene rings is 2. The Morgan fingerprint density at radius 3 is 2.33 bits per heavy atom. The predicted octanol–water partition coefficient (Wildman–Crippen LogP) is 4.30. The molecule has 0 atom stereocenters. The Bertz CT molecular complexity index is 1190. The second-order valence-corrected chi connectivity index (χ2v) is 6.93. The van der Waals surface area contributed by atoms with E-state index >= 15 is 0 Å². The Labute approximate surface area is 173 Å². The first-order chi connectivity index (χ1) is 14.6.